The molecule has 0 aliphatic heterocycles. The minimum Gasteiger partial charge on any atom is -0.465 e. The third-order valence-electron chi connectivity index (χ3n) is 5.40. The molecule has 0 spiro atoms. The van der Waals surface area contributed by atoms with Crippen molar-refractivity contribution in [3.8, 4) is 0 Å². The number of hydrogen-bond acceptors (Lipinski definition) is 3. The minimum absolute atomic E-state index is 0.0122. The summed E-state index contributed by atoms with van der Waals surface area (Å²) in [6.45, 7) is 11.8. The van der Waals surface area contributed by atoms with Crippen molar-refractivity contribution in [3.63, 3.8) is 0 Å². The summed E-state index contributed by atoms with van der Waals surface area (Å²) >= 11 is 1.97. The van der Waals surface area contributed by atoms with E-state index in [1.807, 2.05) is 11.8 Å². The summed E-state index contributed by atoms with van der Waals surface area (Å²) in [7, 11) is 0. The molecule has 0 heterocycles. The zero-order valence-electron chi connectivity index (χ0n) is 16.6. The van der Waals surface area contributed by atoms with Crippen molar-refractivity contribution < 1.29 is 9.53 Å². The molecule has 1 saturated carbocycles. The molecule has 0 aromatic rings. The zero-order valence-corrected chi connectivity index (χ0v) is 17.4. The van der Waals surface area contributed by atoms with E-state index in [0.717, 1.165) is 12.2 Å². The highest BCUT2D eigenvalue weighted by molar-refractivity contribution is 8.00. The summed E-state index contributed by atoms with van der Waals surface area (Å²) in [4.78, 5) is 12.0. The number of carbonyl (C=O) groups excluding carboxylic acids is 1. The van der Waals surface area contributed by atoms with Crippen LogP contribution in [0.4, 0.5) is 0 Å². The van der Waals surface area contributed by atoms with Crippen LogP contribution in [0, 0.1) is 5.92 Å². The van der Waals surface area contributed by atoms with Gasteiger partial charge in [-0.15, -0.1) is 0 Å². The van der Waals surface area contributed by atoms with Crippen molar-refractivity contribution in [1.82, 2.24) is 0 Å². The molecule has 1 unspecified atom stereocenters. The van der Waals surface area contributed by atoms with E-state index in [9.17, 15) is 4.79 Å². The van der Waals surface area contributed by atoms with Crippen molar-refractivity contribution in [3.05, 3.63) is 11.1 Å². The molecular formula is C21H38O2S. The number of thioether (sulfide) groups is 1. The summed E-state index contributed by atoms with van der Waals surface area (Å²) < 4.78 is 5.84. The highest BCUT2D eigenvalue weighted by Crippen LogP contribution is 2.42. The summed E-state index contributed by atoms with van der Waals surface area (Å²) in [5.74, 6) is 1.42. The Labute approximate surface area is 154 Å². The van der Waals surface area contributed by atoms with Crippen LogP contribution in [0.2, 0.25) is 0 Å². The van der Waals surface area contributed by atoms with Gasteiger partial charge in [0.15, 0.2) is 0 Å². The number of unbranched alkanes of at least 4 members (excludes halogenated alkanes) is 1. The predicted octanol–water partition coefficient (Wildman–Crippen LogP) is 6.54. The van der Waals surface area contributed by atoms with E-state index in [4.69, 9.17) is 4.74 Å². The topological polar surface area (TPSA) is 26.3 Å². The first-order chi connectivity index (χ1) is 11.4. The molecule has 0 aromatic carbocycles. The van der Waals surface area contributed by atoms with E-state index in [0.29, 0.717) is 23.7 Å². The van der Waals surface area contributed by atoms with Crippen molar-refractivity contribution in [2.24, 2.45) is 5.92 Å². The summed E-state index contributed by atoms with van der Waals surface area (Å²) in [6, 6.07) is 0. The highest BCUT2D eigenvalue weighted by atomic mass is 32.2. The van der Waals surface area contributed by atoms with Crippen LogP contribution in [0.25, 0.3) is 0 Å². The van der Waals surface area contributed by atoms with Gasteiger partial charge in [0, 0.05) is 10.5 Å². The Balaban J connectivity index is 2.22. The molecule has 0 amide bonds. The van der Waals surface area contributed by atoms with E-state index >= 15 is 0 Å². The largest absolute Gasteiger partial charge is 0.465 e. The molecule has 0 bridgehead atoms. The average Bonchev–Trinajstić information content (AvgIpc) is 2.55. The Kier molecular flexibility index (Phi) is 10.1. The van der Waals surface area contributed by atoms with E-state index in [1.165, 1.54) is 50.5 Å². The lowest BCUT2D eigenvalue weighted by atomic mass is 9.84. The van der Waals surface area contributed by atoms with Crippen LogP contribution in [0.3, 0.4) is 0 Å². The predicted molar refractivity (Wildman–Crippen MR) is 107 cm³/mol. The smallest absolute Gasteiger partial charge is 0.306 e. The van der Waals surface area contributed by atoms with Crippen molar-refractivity contribution >= 4 is 17.7 Å². The van der Waals surface area contributed by atoms with E-state index in [-0.39, 0.29) is 5.97 Å². The van der Waals surface area contributed by atoms with E-state index < -0.39 is 0 Å². The Hall–Kier alpha value is -0.440. The molecule has 0 aromatic heterocycles. The van der Waals surface area contributed by atoms with Crippen LogP contribution in [-0.4, -0.2) is 23.1 Å². The first kappa shape index (κ1) is 21.6. The van der Waals surface area contributed by atoms with E-state index in [2.05, 4.69) is 34.6 Å². The molecule has 140 valence electrons. The minimum atomic E-state index is -0.0122. The Morgan fingerprint density at radius 2 is 1.92 bits per heavy atom. The molecular weight excluding hydrogens is 316 g/mol. The van der Waals surface area contributed by atoms with Gasteiger partial charge >= 0.3 is 5.97 Å². The van der Waals surface area contributed by atoms with Gasteiger partial charge in [-0.1, -0.05) is 51.2 Å². The Bertz CT molecular complexity index is 400. The fourth-order valence-corrected chi connectivity index (χ4v) is 4.54. The second kappa shape index (κ2) is 11.2. The molecule has 2 nitrogen and oxygen atoms in total. The molecule has 1 aliphatic carbocycles. The monoisotopic (exact) mass is 354 g/mol. The lowest BCUT2D eigenvalue weighted by Gasteiger charge is -2.34. The van der Waals surface area contributed by atoms with Crippen molar-refractivity contribution in [2.45, 2.75) is 97.2 Å². The van der Waals surface area contributed by atoms with Crippen LogP contribution in [0.1, 0.15) is 92.4 Å². The van der Waals surface area contributed by atoms with Gasteiger partial charge in [-0.2, -0.15) is 11.8 Å². The van der Waals surface area contributed by atoms with Gasteiger partial charge in [-0.25, -0.2) is 0 Å². The first-order valence-electron chi connectivity index (χ1n) is 9.85. The number of esters is 1. The average molecular weight is 355 g/mol. The fourth-order valence-electron chi connectivity index (χ4n) is 3.29. The maximum absolute atomic E-state index is 12.0. The first-order valence-corrected chi connectivity index (χ1v) is 10.8. The SMILES string of the molecule is CCCCC(CC)COC(=O)CCSC1(C)CCC(=C(C)C)CC1. The van der Waals surface area contributed by atoms with Crippen LogP contribution in [-0.2, 0) is 9.53 Å². The molecule has 24 heavy (non-hydrogen) atoms. The van der Waals surface area contributed by atoms with Gasteiger partial charge < -0.3 is 4.74 Å². The van der Waals surface area contributed by atoms with Crippen molar-refractivity contribution in [1.29, 1.82) is 0 Å². The van der Waals surface area contributed by atoms with Crippen LogP contribution < -0.4 is 0 Å². The fraction of sp³-hybridized carbons (Fsp3) is 0.857. The third kappa shape index (κ3) is 8.09. The van der Waals surface area contributed by atoms with E-state index in [1.54, 1.807) is 5.57 Å². The Morgan fingerprint density at radius 3 is 2.46 bits per heavy atom. The lowest BCUT2D eigenvalue weighted by Crippen LogP contribution is -2.25. The standard InChI is InChI=1S/C21H38O2S/c1-6-8-9-18(7-2)16-23-20(22)12-15-24-21(5)13-10-19(11-14-21)17(3)4/h18H,6-16H2,1-5H3. The van der Waals surface area contributed by atoms with Crippen molar-refractivity contribution in [2.75, 3.05) is 12.4 Å². The number of allylic oxidation sites excluding steroid dienone is 2. The summed E-state index contributed by atoms with van der Waals surface area (Å²) in [5, 5.41) is 0. The number of rotatable bonds is 10. The van der Waals surface area contributed by atoms with Gasteiger partial charge in [0.05, 0.1) is 13.0 Å². The lowest BCUT2D eigenvalue weighted by molar-refractivity contribution is -0.144. The molecule has 0 saturated heterocycles. The van der Waals surface area contributed by atoms with Crippen LogP contribution in [0.15, 0.2) is 11.1 Å². The maximum atomic E-state index is 12.0. The zero-order chi connectivity index (χ0) is 18.0. The van der Waals surface area contributed by atoms with Crippen LogP contribution >= 0.6 is 11.8 Å². The molecule has 0 radical (unpaired) electrons. The summed E-state index contributed by atoms with van der Waals surface area (Å²) in [5.41, 5.74) is 3.14. The maximum Gasteiger partial charge on any atom is 0.306 e. The second-order valence-electron chi connectivity index (χ2n) is 7.75. The normalized spacial score (nSPS) is 22.3. The molecule has 1 aliphatic rings. The molecule has 1 rings (SSSR count). The second-order valence-corrected chi connectivity index (χ2v) is 9.43. The molecule has 1 atom stereocenters. The van der Waals surface area contributed by atoms with Gasteiger partial charge in [-0.3, -0.25) is 4.79 Å². The molecule has 0 N–H and O–H groups in total. The Morgan fingerprint density at radius 1 is 1.25 bits per heavy atom. The number of ether oxygens (including phenoxy) is 1. The van der Waals surface area contributed by atoms with Gasteiger partial charge in [-0.05, 0) is 51.9 Å². The molecule has 1 fully saturated rings. The summed E-state index contributed by atoms with van der Waals surface area (Å²) in [6.07, 6.45) is 10.2. The number of carbonyl (C=O) groups is 1. The van der Waals surface area contributed by atoms with Crippen LogP contribution in [0.5, 0.6) is 0 Å². The highest BCUT2D eigenvalue weighted by Gasteiger charge is 2.29. The quantitative estimate of drug-likeness (QED) is 0.329. The third-order valence-corrected chi connectivity index (χ3v) is 6.91. The molecule has 3 heteroatoms. The number of hydrogen-bond donors (Lipinski definition) is 0. The van der Waals surface area contributed by atoms with Gasteiger partial charge in [0.1, 0.15) is 0 Å². The van der Waals surface area contributed by atoms with Gasteiger partial charge in [0.25, 0.3) is 0 Å². The van der Waals surface area contributed by atoms with Gasteiger partial charge in [0.2, 0.25) is 0 Å².